The normalized spacial score (nSPS) is 12.9. The third-order valence-corrected chi connectivity index (χ3v) is 4.17. The molecule has 0 heterocycles. The van der Waals surface area contributed by atoms with Crippen LogP contribution >= 0.6 is 0 Å². The van der Waals surface area contributed by atoms with Gasteiger partial charge in [0.1, 0.15) is 0 Å². The lowest BCUT2D eigenvalue weighted by Gasteiger charge is -2.30. The first-order valence-electron chi connectivity index (χ1n) is 6.37. The minimum absolute atomic E-state index is 0.462. The van der Waals surface area contributed by atoms with Crippen molar-refractivity contribution in [2.75, 3.05) is 11.4 Å². The second kappa shape index (κ2) is 6.07. The lowest BCUT2D eigenvalue weighted by Crippen LogP contribution is -2.33. The number of anilines is 1. The Morgan fingerprint density at radius 2 is 1.50 bits per heavy atom. The van der Waals surface area contributed by atoms with Gasteiger partial charge in [0.2, 0.25) is 0 Å². The summed E-state index contributed by atoms with van der Waals surface area (Å²) in [5.74, 6) is 0. The van der Waals surface area contributed by atoms with Crippen molar-refractivity contribution >= 4 is 15.8 Å². The molecule has 0 bridgehead atoms. The maximum atomic E-state index is 11.8. The van der Waals surface area contributed by atoms with E-state index in [0.717, 1.165) is 5.69 Å². The van der Waals surface area contributed by atoms with Crippen LogP contribution in [0.2, 0.25) is 0 Å². The molecule has 0 aliphatic rings. The van der Waals surface area contributed by atoms with E-state index in [0.29, 0.717) is 12.1 Å². The average Bonchev–Trinajstić information content (AvgIpc) is 2.45. The Morgan fingerprint density at radius 1 is 1.00 bits per heavy atom. The summed E-state index contributed by atoms with van der Waals surface area (Å²) < 4.78 is 33.3. The summed E-state index contributed by atoms with van der Waals surface area (Å²) in [6.07, 6.45) is 0. The van der Waals surface area contributed by atoms with Gasteiger partial charge < -0.3 is 4.90 Å². The Kier molecular flexibility index (Phi) is 4.42. The Morgan fingerprint density at radius 3 is 1.95 bits per heavy atom. The number of para-hydroxylation sites is 1. The van der Waals surface area contributed by atoms with Crippen molar-refractivity contribution in [1.82, 2.24) is 0 Å². The summed E-state index contributed by atoms with van der Waals surface area (Å²) >= 11 is 0. The predicted molar refractivity (Wildman–Crippen MR) is 80.2 cm³/mol. The van der Waals surface area contributed by atoms with E-state index >= 15 is 0 Å². The van der Waals surface area contributed by atoms with Crippen molar-refractivity contribution in [3.8, 4) is 0 Å². The van der Waals surface area contributed by atoms with Gasteiger partial charge in [-0.2, -0.15) is 8.42 Å². The summed E-state index contributed by atoms with van der Waals surface area (Å²) in [4.78, 5) is 1.66. The summed E-state index contributed by atoms with van der Waals surface area (Å²) in [6, 6.07) is 17.9. The van der Waals surface area contributed by atoms with Crippen molar-refractivity contribution in [2.24, 2.45) is 0 Å². The minimum atomic E-state index is -4.25. The average molecular weight is 291 g/mol. The second-order valence-corrected chi connectivity index (χ2v) is 5.88. The zero-order chi connectivity index (χ0) is 14.6. The summed E-state index contributed by atoms with van der Waals surface area (Å²) in [5, 5.41) is -1.10. The van der Waals surface area contributed by atoms with Gasteiger partial charge in [-0.1, -0.05) is 48.5 Å². The fourth-order valence-corrected chi connectivity index (χ4v) is 3.33. The highest BCUT2D eigenvalue weighted by molar-refractivity contribution is 7.86. The first-order chi connectivity index (χ1) is 9.54. The molecule has 1 N–H and O–H groups in total. The molecule has 4 nitrogen and oxygen atoms in total. The highest BCUT2D eigenvalue weighted by Crippen LogP contribution is 2.30. The Labute approximate surface area is 119 Å². The molecule has 0 aliphatic heterocycles. The summed E-state index contributed by atoms with van der Waals surface area (Å²) in [5.41, 5.74) is 1.29. The van der Waals surface area contributed by atoms with Gasteiger partial charge in [0, 0.05) is 12.2 Å². The van der Waals surface area contributed by atoms with Crippen molar-refractivity contribution in [3.05, 3.63) is 66.2 Å². The van der Waals surface area contributed by atoms with E-state index in [1.54, 1.807) is 29.2 Å². The molecule has 0 saturated carbocycles. The highest BCUT2D eigenvalue weighted by atomic mass is 32.2. The van der Waals surface area contributed by atoms with Crippen molar-refractivity contribution < 1.29 is 13.0 Å². The van der Waals surface area contributed by atoms with Crippen LogP contribution in [0.15, 0.2) is 60.7 Å². The molecule has 0 saturated heterocycles. The van der Waals surface area contributed by atoms with Gasteiger partial charge >= 0.3 is 0 Å². The second-order valence-electron chi connectivity index (χ2n) is 4.40. The first kappa shape index (κ1) is 14.6. The van der Waals surface area contributed by atoms with Crippen molar-refractivity contribution in [2.45, 2.75) is 12.3 Å². The monoisotopic (exact) mass is 291 g/mol. The highest BCUT2D eigenvalue weighted by Gasteiger charge is 2.30. The molecule has 106 valence electrons. The molecule has 0 spiro atoms. The summed E-state index contributed by atoms with van der Waals surface area (Å²) in [6.45, 7) is 2.32. The zero-order valence-electron chi connectivity index (χ0n) is 11.2. The first-order valence-corrected chi connectivity index (χ1v) is 7.87. The predicted octanol–water partition coefficient (Wildman–Crippen LogP) is 3.10. The topological polar surface area (TPSA) is 57.6 Å². The van der Waals surface area contributed by atoms with Crippen LogP contribution in [0.4, 0.5) is 5.69 Å². The molecule has 0 aliphatic carbocycles. The van der Waals surface area contributed by atoms with Gasteiger partial charge in [-0.25, -0.2) is 0 Å². The standard InChI is InChI=1S/C15H17NO3S/c1-2-16(14-11-7-4-8-12-14)15(20(17,18)19)13-9-5-3-6-10-13/h3-12,15H,2H2,1H3,(H,17,18,19). The molecule has 20 heavy (non-hydrogen) atoms. The van der Waals surface area contributed by atoms with E-state index in [4.69, 9.17) is 0 Å². The molecule has 1 unspecified atom stereocenters. The van der Waals surface area contributed by atoms with Crippen LogP contribution < -0.4 is 4.90 Å². The van der Waals surface area contributed by atoms with E-state index in [1.165, 1.54) is 0 Å². The van der Waals surface area contributed by atoms with Crippen LogP contribution in [0, 0.1) is 0 Å². The van der Waals surface area contributed by atoms with Crippen molar-refractivity contribution in [3.63, 3.8) is 0 Å². The van der Waals surface area contributed by atoms with Gasteiger partial charge in [0.25, 0.3) is 10.1 Å². The van der Waals surface area contributed by atoms with Gasteiger partial charge in [-0.15, -0.1) is 0 Å². The lowest BCUT2D eigenvalue weighted by atomic mass is 10.2. The molecule has 1 atom stereocenters. The van der Waals surface area contributed by atoms with E-state index in [9.17, 15) is 13.0 Å². The van der Waals surface area contributed by atoms with Crippen LogP contribution in [0.3, 0.4) is 0 Å². The zero-order valence-corrected chi connectivity index (χ0v) is 12.0. The van der Waals surface area contributed by atoms with Crippen LogP contribution in [0.1, 0.15) is 17.9 Å². The number of nitrogens with zero attached hydrogens (tertiary/aromatic N) is 1. The van der Waals surface area contributed by atoms with E-state index in [2.05, 4.69) is 0 Å². The maximum Gasteiger partial charge on any atom is 0.290 e. The van der Waals surface area contributed by atoms with Gasteiger partial charge in [0.05, 0.1) is 0 Å². The summed E-state index contributed by atoms with van der Waals surface area (Å²) in [7, 11) is -4.25. The Balaban J connectivity index is 2.51. The fraction of sp³-hybridized carbons (Fsp3) is 0.200. The third kappa shape index (κ3) is 3.18. The quantitative estimate of drug-likeness (QED) is 0.860. The molecular weight excluding hydrogens is 274 g/mol. The molecule has 0 aromatic heterocycles. The largest absolute Gasteiger partial charge is 0.350 e. The third-order valence-electron chi connectivity index (χ3n) is 3.08. The van der Waals surface area contributed by atoms with Crippen LogP contribution in [0.5, 0.6) is 0 Å². The molecule has 2 aromatic rings. The van der Waals surface area contributed by atoms with Crippen molar-refractivity contribution in [1.29, 1.82) is 0 Å². The number of benzene rings is 2. The van der Waals surface area contributed by atoms with Gasteiger partial charge in [-0.05, 0) is 24.6 Å². The molecule has 5 heteroatoms. The Bertz CT molecular complexity index is 641. The lowest BCUT2D eigenvalue weighted by molar-refractivity contribution is 0.465. The SMILES string of the molecule is CCN(c1ccccc1)C(c1ccccc1)S(=O)(=O)O. The molecule has 0 radical (unpaired) electrons. The molecule has 0 fully saturated rings. The van der Waals surface area contributed by atoms with Crippen LogP contribution in [0.25, 0.3) is 0 Å². The number of rotatable bonds is 5. The van der Waals surface area contributed by atoms with E-state index < -0.39 is 15.5 Å². The molecule has 2 aromatic carbocycles. The number of hydrogen-bond donors (Lipinski definition) is 1. The molecular formula is C15H17NO3S. The van der Waals surface area contributed by atoms with E-state index in [-0.39, 0.29) is 0 Å². The smallest absolute Gasteiger partial charge is 0.290 e. The van der Waals surface area contributed by atoms with Gasteiger partial charge in [0.15, 0.2) is 5.37 Å². The molecule has 2 rings (SSSR count). The molecule has 0 amide bonds. The van der Waals surface area contributed by atoms with Crippen LogP contribution in [-0.2, 0) is 10.1 Å². The number of hydrogen-bond acceptors (Lipinski definition) is 3. The Hall–Kier alpha value is -1.85. The van der Waals surface area contributed by atoms with Gasteiger partial charge in [-0.3, -0.25) is 4.55 Å². The fourth-order valence-electron chi connectivity index (χ4n) is 2.23. The minimum Gasteiger partial charge on any atom is -0.350 e. The maximum absolute atomic E-state index is 11.8. The van der Waals surface area contributed by atoms with E-state index in [1.807, 2.05) is 43.3 Å². The van der Waals surface area contributed by atoms with Crippen LogP contribution in [-0.4, -0.2) is 19.5 Å².